The Morgan fingerprint density at radius 2 is 1.69 bits per heavy atom. The van der Waals surface area contributed by atoms with E-state index in [1.54, 1.807) is 34.6 Å². The van der Waals surface area contributed by atoms with E-state index in [1.807, 2.05) is 13.0 Å². The third kappa shape index (κ3) is 5.80. The molecule has 7 heteroatoms. The summed E-state index contributed by atoms with van der Waals surface area (Å²) in [6.07, 6.45) is 7.47. The number of esters is 2. The Bertz CT molecular complexity index is 802. The number of hydrogen-bond donors (Lipinski definition) is 1. The van der Waals surface area contributed by atoms with Gasteiger partial charge < -0.3 is 15.2 Å². The zero-order chi connectivity index (χ0) is 24.3. The molecule has 0 bridgehead atoms. The van der Waals surface area contributed by atoms with Gasteiger partial charge in [0.05, 0.1) is 24.5 Å². The van der Waals surface area contributed by atoms with Crippen molar-refractivity contribution in [1.29, 1.82) is 0 Å². The van der Waals surface area contributed by atoms with Gasteiger partial charge >= 0.3 is 11.9 Å². The number of nitrogens with zero attached hydrogens (tertiary/aromatic N) is 1. The molecule has 2 unspecified atom stereocenters. The maximum Gasteiger partial charge on any atom is 0.336 e. The SMILES string of the molecule is COC(=O)C1=C(C)N(C(=O)C(C)(CN)CC(=O)OC(C)(C)C)C(C)=CC1C1CCCCC1. The van der Waals surface area contributed by atoms with E-state index in [2.05, 4.69) is 0 Å². The Morgan fingerprint density at radius 1 is 1.09 bits per heavy atom. The molecule has 0 aromatic carbocycles. The van der Waals surface area contributed by atoms with Crippen LogP contribution in [0.25, 0.3) is 0 Å². The first kappa shape index (κ1) is 26.1. The molecule has 1 heterocycles. The van der Waals surface area contributed by atoms with E-state index < -0.39 is 23.0 Å². The second-order valence-corrected chi connectivity index (χ2v) is 10.4. The van der Waals surface area contributed by atoms with Crippen LogP contribution in [0.15, 0.2) is 23.0 Å². The maximum absolute atomic E-state index is 13.7. The molecule has 7 nitrogen and oxygen atoms in total. The van der Waals surface area contributed by atoms with Gasteiger partial charge in [0, 0.05) is 23.9 Å². The first-order chi connectivity index (χ1) is 14.8. The summed E-state index contributed by atoms with van der Waals surface area (Å²) in [5.41, 5.74) is 6.01. The average molecular weight is 449 g/mol. The van der Waals surface area contributed by atoms with Gasteiger partial charge in [-0.2, -0.15) is 0 Å². The number of rotatable bonds is 6. The van der Waals surface area contributed by atoms with Crippen molar-refractivity contribution in [3.8, 4) is 0 Å². The van der Waals surface area contributed by atoms with Gasteiger partial charge in [-0.15, -0.1) is 0 Å². The number of carbonyl (C=O) groups is 3. The van der Waals surface area contributed by atoms with Crippen molar-refractivity contribution in [3.63, 3.8) is 0 Å². The quantitative estimate of drug-likeness (QED) is 0.615. The summed E-state index contributed by atoms with van der Waals surface area (Å²) >= 11 is 0. The molecule has 2 atom stereocenters. The van der Waals surface area contributed by atoms with Crippen LogP contribution in [-0.2, 0) is 23.9 Å². The second kappa shape index (κ2) is 10.2. The minimum atomic E-state index is -1.17. The van der Waals surface area contributed by atoms with Crippen LogP contribution in [0.4, 0.5) is 0 Å². The van der Waals surface area contributed by atoms with E-state index >= 15 is 0 Å². The van der Waals surface area contributed by atoms with E-state index in [0.29, 0.717) is 17.2 Å². The predicted octanol–water partition coefficient (Wildman–Crippen LogP) is 4.07. The molecule has 2 aliphatic rings. The van der Waals surface area contributed by atoms with Crippen molar-refractivity contribution >= 4 is 17.8 Å². The number of methoxy groups -OCH3 is 1. The first-order valence-electron chi connectivity index (χ1n) is 11.6. The van der Waals surface area contributed by atoms with Crippen LogP contribution in [0, 0.1) is 17.3 Å². The number of nitrogens with two attached hydrogens (primary N) is 1. The highest BCUT2D eigenvalue weighted by molar-refractivity contribution is 5.95. The van der Waals surface area contributed by atoms with Gasteiger partial charge in [-0.25, -0.2) is 4.79 Å². The summed E-state index contributed by atoms with van der Waals surface area (Å²) in [4.78, 5) is 40.6. The summed E-state index contributed by atoms with van der Waals surface area (Å²) in [5, 5.41) is 0. The van der Waals surface area contributed by atoms with Gasteiger partial charge in [0.15, 0.2) is 0 Å². The third-order valence-corrected chi connectivity index (χ3v) is 6.52. The summed E-state index contributed by atoms with van der Waals surface area (Å²) in [6, 6.07) is 0. The highest BCUT2D eigenvalue weighted by Crippen LogP contribution is 2.42. The van der Waals surface area contributed by atoms with Gasteiger partial charge in [-0.05, 0) is 60.3 Å². The lowest BCUT2D eigenvalue weighted by Crippen LogP contribution is -2.48. The summed E-state index contributed by atoms with van der Waals surface area (Å²) in [6.45, 7) is 10.6. The maximum atomic E-state index is 13.7. The summed E-state index contributed by atoms with van der Waals surface area (Å²) < 4.78 is 10.5. The van der Waals surface area contributed by atoms with E-state index in [4.69, 9.17) is 15.2 Å². The van der Waals surface area contributed by atoms with Crippen molar-refractivity contribution in [2.75, 3.05) is 13.7 Å². The zero-order valence-electron chi connectivity index (χ0n) is 20.7. The molecule has 0 saturated heterocycles. The Labute approximate surface area is 192 Å². The number of hydrogen-bond acceptors (Lipinski definition) is 6. The molecule has 1 aliphatic carbocycles. The van der Waals surface area contributed by atoms with Crippen molar-refractivity contribution in [2.24, 2.45) is 23.0 Å². The van der Waals surface area contributed by atoms with Crippen molar-refractivity contribution in [2.45, 2.75) is 85.7 Å². The molecule has 0 aromatic heterocycles. The molecule has 0 aromatic rings. The van der Waals surface area contributed by atoms with Crippen LogP contribution < -0.4 is 5.73 Å². The topological polar surface area (TPSA) is 98.9 Å². The molecule has 180 valence electrons. The van der Waals surface area contributed by atoms with Gasteiger partial charge in [0.2, 0.25) is 5.91 Å². The predicted molar refractivity (Wildman–Crippen MR) is 123 cm³/mol. The van der Waals surface area contributed by atoms with Crippen molar-refractivity contribution < 1.29 is 23.9 Å². The standard InChI is InChI=1S/C25H40N2O5/c1-16-13-19(18-11-9-8-10-12-18)21(22(29)31-7)17(2)27(16)23(30)25(6,15-26)14-20(28)32-24(3,4)5/h13,18-19H,8-12,14-15,26H2,1-7H3. The molecular weight excluding hydrogens is 408 g/mol. The fourth-order valence-corrected chi connectivity index (χ4v) is 4.82. The van der Waals surface area contributed by atoms with Gasteiger partial charge in [-0.1, -0.05) is 25.3 Å². The molecule has 0 spiro atoms. The van der Waals surface area contributed by atoms with Gasteiger partial charge in [0.25, 0.3) is 0 Å². The van der Waals surface area contributed by atoms with Gasteiger partial charge in [0.1, 0.15) is 5.60 Å². The Morgan fingerprint density at radius 3 is 2.19 bits per heavy atom. The fourth-order valence-electron chi connectivity index (χ4n) is 4.82. The molecule has 1 saturated carbocycles. The monoisotopic (exact) mass is 448 g/mol. The highest BCUT2D eigenvalue weighted by atomic mass is 16.6. The second-order valence-electron chi connectivity index (χ2n) is 10.4. The summed E-state index contributed by atoms with van der Waals surface area (Å²) in [7, 11) is 1.37. The highest BCUT2D eigenvalue weighted by Gasteiger charge is 2.44. The minimum Gasteiger partial charge on any atom is -0.466 e. The van der Waals surface area contributed by atoms with E-state index in [9.17, 15) is 14.4 Å². The van der Waals surface area contributed by atoms with Crippen LogP contribution in [-0.4, -0.2) is 42.0 Å². The molecule has 32 heavy (non-hydrogen) atoms. The molecular formula is C25H40N2O5. The Balaban J connectivity index is 2.41. The van der Waals surface area contributed by atoms with E-state index in [0.717, 1.165) is 31.4 Å². The molecule has 2 N–H and O–H groups in total. The molecule has 1 fully saturated rings. The van der Waals surface area contributed by atoms with Crippen molar-refractivity contribution in [1.82, 2.24) is 4.90 Å². The van der Waals surface area contributed by atoms with Crippen LogP contribution >= 0.6 is 0 Å². The number of ether oxygens (including phenoxy) is 2. The lowest BCUT2D eigenvalue weighted by molar-refractivity contribution is -0.161. The number of amides is 1. The minimum absolute atomic E-state index is 0.0260. The number of allylic oxidation sites excluding steroid dienone is 3. The fraction of sp³-hybridized carbons (Fsp3) is 0.720. The Hall–Kier alpha value is -2.15. The molecule has 1 aliphatic heterocycles. The smallest absolute Gasteiger partial charge is 0.336 e. The van der Waals surface area contributed by atoms with E-state index in [1.165, 1.54) is 18.4 Å². The molecule has 2 rings (SSSR count). The number of carbonyl (C=O) groups excluding carboxylic acids is 3. The zero-order valence-corrected chi connectivity index (χ0v) is 20.7. The summed E-state index contributed by atoms with van der Waals surface area (Å²) in [5.74, 6) is -0.946. The van der Waals surface area contributed by atoms with Gasteiger partial charge in [-0.3, -0.25) is 14.5 Å². The van der Waals surface area contributed by atoms with Crippen LogP contribution in [0.5, 0.6) is 0 Å². The molecule has 1 amide bonds. The van der Waals surface area contributed by atoms with Crippen LogP contribution in [0.3, 0.4) is 0 Å². The van der Waals surface area contributed by atoms with Crippen molar-refractivity contribution in [3.05, 3.63) is 23.0 Å². The lowest BCUT2D eigenvalue weighted by atomic mass is 9.74. The average Bonchev–Trinajstić information content (AvgIpc) is 2.71. The largest absolute Gasteiger partial charge is 0.466 e. The molecule has 0 radical (unpaired) electrons. The van der Waals surface area contributed by atoms with E-state index in [-0.39, 0.29) is 24.8 Å². The normalized spacial score (nSPS) is 22.2. The van der Waals surface area contributed by atoms with Crippen LogP contribution in [0.1, 0.15) is 80.1 Å². The lowest BCUT2D eigenvalue weighted by Gasteiger charge is -2.40. The van der Waals surface area contributed by atoms with Crippen LogP contribution in [0.2, 0.25) is 0 Å². The Kier molecular flexibility index (Phi) is 8.32. The third-order valence-electron chi connectivity index (χ3n) is 6.52. The first-order valence-corrected chi connectivity index (χ1v) is 11.6.